The second-order valence-electron chi connectivity index (χ2n) is 17.2. The second kappa shape index (κ2) is 13.9. The van der Waals surface area contributed by atoms with Gasteiger partial charge in [0.05, 0.1) is 12.1 Å². The average molecular weight is 769 g/mol. The molecule has 7 unspecified atom stereocenters. The highest BCUT2D eigenvalue weighted by Gasteiger charge is 2.39. The van der Waals surface area contributed by atoms with Crippen LogP contribution in [-0.4, -0.2) is 12.1 Å². The monoisotopic (exact) mass is 768 g/mol. The van der Waals surface area contributed by atoms with Crippen molar-refractivity contribution in [3.8, 4) is 0 Å². The number of thiophene rings is 1. The zero-order valence-electron chi connectivity index (χ0n) is 33.3. The molecule has 11 rings (SSSR count). The summed E-state index contributed by atoms with van der Waals surface area (Å²) in [5.74, 6) is 1.34. The lowest BCUT2D eigenvalue weighted by atomic mass is 9.71. The Balaban J connectivity index is 0.945. The van der Waals surface area contributed by atoms with Crippen LogP contribution < -0.4 is 10.2 Å². The summed E-state index contributed by atoms with van der Waals surface area (Å²) in [5.41, 5.74) is 13.2. The third kappa shape index (κ3) is 5.66. The highest BCUT2D eigenvalue weighted by Crippen LogP contribution is 2.50. The molecular formula is C55H48N2S. The van der Waals surface area contributed by atoms with Crippen molar-refractivity contribution < 1.29 is 0 Å². The molecule has 0 spiro atoms. The maximum atomic E-state index is 4.19. The molecule has 284 valence electrons. The molecule has 0 bridgehead atoms. The summed E-state index contributed by atoms with van der Waals surface area (Å²) in [5, 5.41) is 6.93. The Morgan fingerprint density at radius 1 is 0.707 bits per heavy atom. The second-order valence-corrected chi connectivity index (χ2v) is 18.2. The van der Waals surface area contributed by atoms with Crippen LogP contribution in [0.2, 0.25) is 0 Å². The number of nitrogens with one attached hydrogen (secondary N) is 1. The topological polar surface area (TPSA) is 15.3 Å². The normalized spacial score (nSPS) is 26.9. The van der Waals surface area contributed by atoms with Crippen LogP contribution in [0.25, 0.3) is 25.7 Å². The SMILES string of the molecule is CC1C=CC2=C(C=CC(c3cccc4c3sc3ccccc34)C2C)C1Nc1ccc(C2=CC3C(C=C2)c2ccccc2N3c2ccccc2)cc1C1(C)C=CC=CC1. The Hall–Kier alpha value is -5.90. The maximum Gasteiger partial charge on any atom is 0.0635 e. The summed E-state index contributed by atoms with van der Waals surface area (Å²) in [6.45, 7) is 7.21. The van der Waals surface area contributed by atoms with Crippen molar-refractivity contribution in [3.63, 3.8) is 0 Å². The first kappa shape index (κ1) is 35.3. The van der Waals surface area contributed by atoms with E-state index in [-0.39, 0.29) is 17.5 Å². The first-order chi connectivity index (χ1) is 28.4. The molecule has 6 aromatic rings. The van der Waals surface area contributed by atoms with Crippen molar-refractivity contribution in [2.45, 2.75) is 56.5 Å². The van der Waals surface area contributed by atoms with E-state index >= 15 is 0 Å². The molecule has 0 saturated heterocycles. The molecular weight excluding hydrogens is 721 g/mol. The minimum absolute atomic E-state index is 0.136. The van der Waals surface area contributed by atoms with E-state index in [2.05, 4.69) is 213 Å². The van der Waals surface area contributed by atoms with E-state index in [1.807, 2.05) is 11.3 Å². The molecule has 58 heavy (non-hydrogen) atoms. The van der Waals surface area contributed by atoms with Gasteiger partial charge in [0.1, 0.15) is 0 Å². The maximum absolute atomic E-state index is 4.19. The molecule has 3 heteroatoms. The molecule has 2 nitrogen and oxygen atoms in total. The lowest BCUT2D eigenvalue weighted by Crippen LogP contribution is -2.35. The van der Waals surface area contributed by atoms with Crippen molar-refractivity contribution in [1.29, 1.82) is 0 Å². The fraction of sp³-hybridized carbons (Fsp3) is 0.200. The fourth-order valence-corrected chi connectivity index (χ4v) is 11.8. The molecule has 1 N–H and O–H groups in total. The van der Waals surface area contributed by atoms with Gasteiger partial charge in [-0.2, -0.15) is 0 Å². The Bertz CT molecular complexity index is 2830. The lowest BCUT2D eigenvalue weighted by molar-refractivity contribution is 0.559. The van der Waals surface area contributed by atoms with Crippen LogP contribution in [0, 0.1) is 11.8 Å². The van der Waals surface area contributed by atoms with E-state index in [9.17, 15) is 0 Å². The molecule has 0 radical (unpaired) electrons. The Labute approximate surface area is 346 Å². The van der Waals surface area contributed by atoms with Gasteiger partial charge >= 0.3 is 0 Å². The number of rotatable bonds is 6. The van der Waals surface area contributed by atoms with Crippen molar-refractivity contribution >= 4 is 54.1 Å². The summed E-state index contributed by atoms with van der Waals surface area (Å²) >= 11 is 1.94. The fourth-order valence-electron chi connectivity index (χ4n) is 10.6. The Morgan fingerprint density at radius 3 is 2.36 bits per heavy atom. The van der Waals surface area contributed by atoms with Gasteiger partial charge in [-0.05, 0) is 93.6 Å². The number of anilines is 3. The zero-order chi connectivity index (χ0) is 39.0. The van der Waals surface area contributed by atoms with Gasteiger partial charge in [-0.25, -0.2) is 0 Å². The van der Waals surface area contributed by atoms with Crippen LogP contribution in [-0.2, 0) is 5.41 Å². The van der Waals surface area contributed by atoms with Gasteiger partial charge in [-0.1, -0.05) is 166 Å². The summed E-state index contributed by atoms with van der Waals surface area (Å²) in [7, 11) is 0. The number of hydrogen-bond donors (Lipinski definition) is 1. The van der Waals surface area contributed by atoms with Crippen LogP contribution in [0.1, 0.15) is 61.3 Å². The molecule has 2 heterocycles. The van der Waals surface area contributed by atoms with Crippen molar-refractivity contribution in [2.75, 3.05) is 10.2 Å². The number of allylic oxidation sites excluding steroid dienone is 9. The summed E-state index contributed by atoms with van der Waals surface area (Å²) in [6, 6.07) is 43.2. The highest BCUT2D eigenvalue weighted by molar-refractivity contribution is 7.26. The van der Waals surface area contributed by atoms with Crippen LogP contribution in [0.4, 0.5) is 17.1 Å². The molecule has 0 fully saturated rings. The molecule has 1 aromatic heterocycles. The van der Waals surface area contributed by atoms with E-state index in [0.717, 1.165) is 6.42 Å². The van der Waals surface area contributed by atoms with Crippen LogP contribution in [0.5, 0.6) is 0 Å². The number of para-hydroxylation sites is 2. The van der Waals surface area contributed by atoms with Crippen molar-refractivity contribution in [1.82, 2.24) is 0 Å². The third-order valence-corrected chi connectivity index (χ3v) is 14.9. The van der Waals surface area contributed by atoms with Crippen molar-refractivity contribution in [3.05, 3.63) is 215 Å². The van der Waals surface area contributed by atoms with Crippen molar-refractivity contribution in [2.24, 2.45) is 11.8 Å². The van der Waals surface area contributed by atoms with Gasteiger partial charge in [-0.15, -0.1) is 11.3 Å². The number of fused-ring (bicyclic) bond motifs is 6. The first-order valence-corrected chi connectivity index (χ1v) is 21.9. The average Bonchev–Trinajstić information content (AvgIpc) is 3.81. The number of nitrogens with zero attached hydrogens (tertiary/aromatic N) is 1. The van der Waals surface area contributed by atoms with E-state index in [1.165, 1.54) is 76.2 Å². The largest absolute Gasteiger partial charge is 0.377 e. The summed E-state index contributed by atoms with van der Waals surface area (Å²) in [4.78, 5) is 2.53. The van der Waals surface area contributed by atoms with Gasteiger partial charge in [0.25, 0.3) is 0 Å². The van der Waals surface area contributed by atoms with E-state index in [1.54, 1.807) is 0 Å². The van der Waals surface area contributed by atoms with Gasteiger partial charge in [0.2, 0.25) is 0 Å². The van der Waals surface area contributed by atoms with Crippen LogP contribution >= 0.6 is 11.3 Å². The van der Waals surface area contributed by atoms with Crippen LogP contribution in [0.15, 0.2) is 193 Å². The minimum Gasteiger partial charge on any atom is -0.377 e. The molecule has 0 saturated carbocycles. The van der Waals surface area contributed by atoms with E-state index < -0.39 is 0 Å². The smallest absolute Gasteiger partial charge is 0.0635 e. The standard InChI is InChI=1S/C55H48N2S/c1-35-23-26-40-36(2)41(46-19-14-20-47-44-18-9-11-22-52(44)58-54(46)47)28-29-45(40)53(35)56-49-30-25-37(33-48(49)55(3)31-12-5-13-32-55)38-24-27-43-42-17-8-10-21-50(42)57(51(43)34-38)39-15-6-4-7-16-39/h4-31,33-36,41,43,51,53,56H,32H2,1-3H3. The Kier molecular flexibility index (Phi) is 8.45. The molecule has 5 aromatic carbocycles. The summed E-state index contributed by atoms with van der Waals surface area (Å²) < 4.78 is 2.79. The first-order valence-electron chi connectivity index (χ1n) is 21.0. The van der Waals surface area contributed by atoms with E-state index in [0.29, 0.717) is 23.7 Å². The molecule has 1 aliphatic heterocycles. The molecule has 0 amide bonds. The highest BCUT2D eigenvalue weighted by atomic mass is 32.1. The van der Waals surface area contributed by atoms with Gasteiger partial charge in [-0.3, -0.25) is 0 Å². The van der Waals surface area contributed by atoms with E-state index in [4.69, 9.17) is 0 Å². The van der Waals surface area contributed by atoms with Gasteiger partial charge in [0.15, 0.2) is 0 Å². The summed E-state index contributed by atoms with van der Waals surface area (Å²) in [6.07, 6.45) is 27.3. The molecule has 4 aliphatic carbocycles. The predicted molar refractivity (Wildman–Crippen MR) is 248 cm³/mol. The molecule has 7 atom stereocenters. The van der Waals surface area contributed by atoms with Gasteiger partial charge < -0.3 is 10.2 Å². The van der Waals surface area contributed by atoms with Crippen LogP contribution in [0.3, 0.4) is 0 Å². The quantitative estimate of drug-likeness (QED) is 0.182. The van der Waals surface area contributed by atoms with Gasteiger partial charge in [0, 0.05) is 54.5 Å². The number of benzene rings is 5. The molecule has 5 aliphatic rings. The minimum atomic E-state index is -0.136. The zero-order valence-corrected chi connectivity index (χ0v) is 34.2. The Morgan fingerprint density at radius 2 is 1.48 bits per heavy atom. The lowest BCUT2D eigenvalue weighted by Gasteiger charge is -2.38. The number of hydrogen-bond acceptors (Lipinski definition) is 3. The predicted octanol–water partition coefficient (Wildman–Crippen LogP) is 14.4. The third-order valence-electron chi connectivity index (χ3n) is 13.7.